The number of unbranched alkanes of at least 4 members (excludes halogenated alkanes) is 5. The molecule has 1 heterocycles. The summed E-state index contributed by atoms with van der Waals surface area (Å²) < 4.78 is 6.93. The first-order chi connectivity index (χ1) is 9.36. The molecule has 5 heteroatoms. The van der Waals surface area contributed by atoms with E-state index < -0.39 is 0 Å². The summed E-state index contributed by atoms with van der Waals surface area (Å²) in [6, 6.07) is 0. The summed E-state index contributed by atoms with van der Waals surface area (Å²) in [5.41, 5.74) is 1.00. The first-order valence-electron chi connectivity index (χ1n) is 7.45. The average Bonchev–Trinajstić information content (AvgIpc) is 2.87. The highest BCUT2D eigenvalue weighted by molar-refractivity contribution is 4.91. The van der Waals surface area contributed by atoms with Gasteiger partial charge in [0.25, 0.3) is 0 Å². The molecule has 0 saturated heterocycles. The molecule has 0 radical (unpaired) electrons. The van der Waals surface area contributed by atoms with E-state index >= 15 is 0 Å². The van der Waals surface area contributed by atoms with Gasteiger partial charge >= 0.3 is 0 Å². The van der Waals surface area contributed by atoms with Gasteiger partial charge in [-0.15, -0.1) is 5.10 Å². The van der Waals surface area contributed by atoms with E-state index in [-0.39, 0.29) is 0 Å². The number of hydrogen-bond donors (Lipinski definition) is 1. The molecule has 1 rings (SSSR count). The van der Waals surface area contributed by atoms with Crippen LogP contribution < -0.4 is 5.32 Å². The lowest BCUT2D eigenvalue weighted by molar-refractivity contribution is 0.199. The standard InChI is InChI=1S/C14H28N4O/c1-3-4-5-6-7-8-10-18-13-14(16-17-18)12-15-9-11-19-2/h13,15H,3-12H2,1-2H3. The summed E-state index contributed by atoms with van der Waals surface area (Å²) in [6.07, 6.45) is 9.90. The zero-order valence-electron chi connectivity index (χ0n) is 12.4. The van der Waals surface area contributed by atoms with Crippen molar-refractivity contribution in [1.82, 2.24) is 20.3 Å². The first-order valence-corrected chi connectivity index (χ1v) is 7.45. The first kappa shape index (κ1) is 16.1. The number of ether oxygens (including phenoxy) is 1. The van der Waals surface area contributed by atoms with Crippen LogP contribution in [-0.2, 0) is 17.8 Å². The van der Waals surface area contributed by atoms with Gasteiger partial charge in [-0.1, -0.05) is 44.2 Å². The summed E-state index contributed by atoms with van der Waals surface area (Å²) in [5, 5.41) is 11.6. The van der Waals surface area contributed by atoms with Crippen molar-refractivity contribution in [2.45, 2.75) is 58.5 Å². The Kier molecular flexibility index (Phi) is 9.27. The Hall–Kier alpha value is -0.940. The van der Waals surface area contributed by atoms with Gasteiger partial charge in [0.05, 0.1) is 12.3 Å². The summed E-state index contributed by atoms with van der Waals surface area (Å²) >= 11 is 0. The van der Waals surface area contributed by atoms with Crippen molar-refractivity contribution < 1.29 is 4.74 Å². The third kappa shape index (κ3) is 7.95. The fourth-order valence-electron chi connectivity index (χ4n) is 1.97. The molecule has 0 saturated carbocycles. The van der Waals surface area contributed by atoms with Gasteiger partial charge in [-0.2, -0.15) is 0 Å². The maximum absolute atomic E-state index is 4.97. The van der Waals surface area contributed by atoms with Gasteiger partial charge in [0.2, 0.25) is 0 Å². The maximum atomic E-state index is 4.97. The number of nitrogens with zero attached hydrogens (tertiary/aromatic N) is 3. The van der Waals surface area contributed by atoms with Crippen LogP contribution in [0.3, 0.4) is 0 Å². The third-order valence-corrected chi connectivity index (χ3v) is 3.12. The fraction of sp³-hybridized carbons (Fsp3) is 0.857. The summed E-state index contributed by atoms with van der Waals surface area (Å²) in [5.74, 6) is 0. The molecule has 0 aliphatic heterocycles. The van der Waals surface area contributed by atoms with E-state index in [2.05, 4.69) is 22.6 Å². The Morgan fingerprint density at radius 3 is 2.79 bits per heavy atom. The van der Waals surface area contributed by atoms with Crippen molar-refractivity contribution in [2.75, 3.05) is 20.3 Å². The monoisotopic (exact) mass is 268 g/mol. The van der Waals surface area contributed by atoms with Crippen LogP contribution in [0.4, 0.5) is 0 Å². The van der Waals surface area contributed by atoms with Gasteiger partial charge in [0.1, 0.15) is 0 Å². The largest absolute Gasteiger partial charge is 0.383 e. The van der Waals surface area contributed by atoms with Gasteiger partial charge in [-0.05, 0) is 6.42 Å². The third-order valence-electron chi connectivity index (χ3n) is 3.12. The molecular weight excluding hydrogens is 240 g/mol. The second kappa shape index (κ2) is 10.9. The topological polar surface area (TPSA) is 52.0 Å². The summed E-state index contributed by atoms with van der Waals surface area (Å²) in [7, 11) is 1.71. The zero-order chi connectivity index (χ0) is 13.8. The highest BCUT2D eigenvalue weighted by Gasteiger charge is 2.00. The lowest BCUT2D eigenvalue weighted by atomic mass is 10.1. The fourth-order valence-corrected chi connectivity index (χ4v) is 1.97. The smallest absolute Gasteiger partial charge is 0.0964 e. The number of aryl methyl sites for hydroxylation is 1. The second-order valence-electron chi connectivity index (χ2n) is 4.91. The SMILES string of the molecule is CCCCCCCCn1cc(CNCCOC)nn1. The van der Waals surface area contributed by atoms with Crippen molar-refractivity contribution in [3.8, 4) is 0 Å². The van der Waals surface area contributed by atoms with Crippen molar-refractivity contribution in [1.29, 1.82) is 0 Å². The molecule has 0 aliphatic rings. The highest BCUT2D eigenvalue weighted by Crippen LogP contribution is 2.06. The van der Waals surface area contributed by atoms with E-state index in [0.29, 0.717) is 0 Å². The number of rotatable bonds is 12. The Morgan fingerprint density at radius 2 is 2.00 bits per heavy atom. The molecular formula is C14H28N4O. The molecule has 1 N–H and O–H groups in total. The summed E-state index contributed by atoms with van der Waals surface area (Å²) in [4.78, 5) is 0. The number of aromatic nitrogens is 3. The van der Waals surface area contributed by atoms with Crippen LogP contribution in [0.1, 0.15) is 51.1 Å². The van der Waals surface area contributed by atoms with Crippen LogP contribution >= 0.6 is 0 Å². The lowest BCUT2D eigenvalue weighted by Crippen LogP contribution is -2.18. The Balaban J connectivity index is 2.06. The van der Waals surface area contributed by atoms with E-state index in [1.807, 2.05) is 10.9 Å². The van der Waals surface area contributed by atoms with E-state index in [9.17, 15) is 0 Å². The normalized spacial score (nSPS) is 11.1. The van der Waals surface area contributed by atoms with Crippen molar-refractivity contribution in [2.24, 2.45) is 0 Å². The molecule has 1 aromatic heterocycles. The van der Waals surface area contributed by atoms with E-state index in [4.69, 9.17) is 4.74 Å². The maximum Gasteiger partial charge on any atom is 0.0964 e. The van der Waals surface area contributed by atoms with E-state index in [1.54, 1.807) is 7.11 Å². The number of nitrogens with one attached hydrogen (secondary N) is 1. The average molecular weight is 268 g/mol. The van der Waals surface area contributed by atoms with Gasteiger partial charge in [0, 0.05) is 32.9 Å². The minimum absolute atomic E-state index is 0.728. The van der Waals surface area contributed by atoms with Crippen LogP contribution in [0, 0.1) is 0 Å². The molecule has 0 aromatic carbocycles. The molecule has 0 bridgehead atoms. The second-order valence-corrected chi connectivity index (χ2v) is 4.91. The minimum Gasteiger partial charge on any atom is -0.383 e. The van der Waals surface area contributed by atoms with Crippen LogP contribution in [0.5, 0.6) is 0 Å². The number of hydrogen-bond acceptors (Lipinski definition) is 4. The highest BCUT2D eigenvalue weighted by atomic mass is 16.5. The molecule has 0 fully saturated rings. The predicted molar refractivity (Wildman–Crippen MR) is 77.0 cm³/mol. The van der Waals surface area contributed by atoms with Crippen LogP contribution in [0.2, 0.25) is 0 Å². The van der Waals surface area contributed by atoms with Gasteiger partial charge in [-0.25, -0.2) is 0 Å². The van der Waals surface area contributed by atoms with Crippen molar-refractivity contribution in [3.05, 3.63) is 11.9 Å². The Bertz CT molecular complexity index is 314. The molecule has 0 amide bonds. The summed E-state index contributed by atoms with van der Waals surface area (Å²) in [6.45, 7) is 5.57. The molecule has 110 valence electrons. The zero-order valence-corrected chi connectivity index (χ0v) is 12.4. The van der Waals surface area contributed by atoms with Crippen LogP contribution in [-0.4, -0.2) is 35.3 Å². The van der Waals surface area contributed by atoms with E-state index in [0.717, 1.165) is 31.9 Å². The molecule has 5 nitrogen and oxygen atoms in total. The minimum atomic E-state index is 0.728. The molecule has 0 atom stereocenters. The molecule has 0 aliphatic carbocycles. The molecule has 0 spiro atoms. The molecule has 0 unspecified atom stereocenters. The quantitative estimate of drug-likeness (QED) is 0.591. The van der Waals surface area contributed by atoms with Gasteiger partial charge in [0.15, 0.2) is 0 Å². The van der Waals surface area contributed by atoms with Gasteiger partial charge < -0.3 is 10.1 Å². The van der Waals surface area contributed by atoms with Gasteiger partial charge in [-0.3, -0.25) is 4.68 Å². The number of methoxy groups -OCH3 is 1. The lowest BCUT2D eigenvalue weighted by Gasteiger charge is -2.01. The molecule has 19 heavy (non-hydrogen) atoms. The predicted octanol–water partition coefficient (Wildman–Crippen LogP) is 2.37. The molecule has 1 aromatic rings. The van der Waals surface area contributed by atoms with Crippen molar-refractivity contribution >= 4 is 0 Å². The Labute approximate surface area is 116 Å². The Morgan fingerprint density at radius 1 is 1.21 bits per heavy atom. The van der Waals surface area contributed by atoms with E-state index in [1.165, 1.54) is 38.5 Å². The van der Waals surface area contributed by atoms with Crippen molar-refractivity contribution in [3.63, 3.8) is 0 Å². The van der Waals surface area contributed by atoms with Crippen LogP contribution in [0.25, 0.3) is 0 Å². The van der Waals surface area contributed by atoms with Crippen LogP contribution in [0.15, 0.2) is 6.20 Å².